The van der Waals surface area contributed by atoms with Crippen LogP contribution < -0.4 is 14.8 Å². The Morgan fingerprint density at radius 1 is 1.35 bits per heavy atom. The van der Waals surface area contributed by atoms with Gasteiger partial charge >= 0.3 is 0 Å². The summed E-state index contributed by atoms with van der Waals surface area (Å²) in [6.07, 6.45) is 4.07. The summed E-state index contributed by atoms with van der Waals surface area (Å²) in [5, 5.41) is 7.16. The highest BCUT2D eigenvalue weighted by Crippen LogP contribution is 2.29. The van der Waals surface area contributed by atoms with E-state index in [9.17, 15) is 4.79 Å². The first-order chi connectivity index (χ1) is 11.0. The fourth-order valence-electron chi connectivity index (χ4n) is 2.37. The van der Waals surface area contributed by atoms with Crippen LogP contribution in [0.25, 0.3) is 0 Å². The van der Waals surface area contributed by atoms with Gasteiger partial charge in [0.25, 0.3) is 0 Å². The molecule has 0 saturated heterocycles. The number of carbonyl (C=O) groups is 1. The molecule has 0 aliphatic carbocycles. The number of ether oxygens (including phenoxy) is 2. The fraction of sp³-hybridized carbons (Fsp3) is 0.412. The van der Waals surface area contributed by atoms with Crippen molar-refractivity contribution in [3.8, 4) is 11.5 Å². The summed E-state index contributed by atoms with van der Waals surface area (Å²) in [6.45, 7) is 4.45. The van der Waals surface area contributed by atoms with Crippen LogP contribution in [0.3, 0.4) is 0 Å². The highest BCUT2D eigenvalue weighted by Gasteiger charge is 2.15. The van der Waals surface area contributed by atoms with E-state index in [1.165, 1.54) is 0 Å². The summed E-state index contributed by atoms with van der Waals surface area (Å²) >= 11 is 0. The maximum atomic E-state index is 12.1. The number of nitrogens with zero attached hydrogens (tertiary/aromatic N) is 2. The summed E-state index contributed by atoms with van der Waals surface area (Å²) in [7, 11) is 3.22. The number of aryl methyl sites for hydroxylation is 2. The van der Waals surface area contributed by atoms with E-state index < -0.39 is 0 Å². The minimum absolute atomic E-state index is 0.0319. The van der Waals surface area contributed by atoms with Gasteiger partial charge in [-0.2, -0.15) is 5.10 Å². The van der Waals surface area contributed by atoms with Crippen molar-refractivity contribution in [1.29, 1.82) is 0 Å². The summed E-state index contributed by atoms with van der Waals surface area (Å²) in [5.74, 6) is 1.42. The maximum Gasteiger partial charge on any atom is 0.222 e. The average molecular weight is 317 g/mol. The summed E-state index contributed by atoms with van der Waals surface area (Å²) < 4.78 is 12.4. The highest BCUT2D eigenvalue weighted by molar-refractivity contribution is 5.76. The average Bonchev–Trinajstić information content (AvgIpc) is 2.97. The molecule has 6 nitrogen and oxygen atoms in total. The zero-order valence-corrected chi connectivity index (χ0v) is 14.0. The third-order valence-corrected chi connectivity index (χ3v) is 3.61. The summed E-state index contributed by atoms with van der Waals surface area (Å²) in [5.41, 5.74) is 1.97. The summed E-state index contributed by atoms with van der Waals surface area (Å²) in [4.78, 5) is 12.1. The lowest BCUT2D eigenvalue weighted by atomic mass is 10.1. The lowest BCUT2D eigenvalue weighted by Crippen LogP contribution is -2.27. The van der Waals surface area contributed by atoms with Gasteiger partial charge in [-0.3, -0.25) is 9.48 Å². The minimum atomic E-state index is -0.174. The largest absolute Gasteiger partial charge is 0.497 e. The molecule has 0 spiro atoms. The Hall–Kier alpha value is -2.50. The predicted octanol–water partition coefficient (Wildman–Crippen LogP) is 2.48. The molecule has 1 atom stereocenters. The van der Waals surface area contributed by atoms with Crippen molar-refractivity contribution < 1.29 is 14.3 Å². The van der Waals surface area contributed by atoms with Crippen LogP contribution in [0.1, 0.15) is 30.5 Å². The third-order valence-electron chi connectivity index (χ3n) is 3.61. The van der Waals surface area contributed by atoms with Gasteiger partial charge < -0.3 is 14.8 Å². The molecule has 0 radical (unpaired) electrons. The second-order valence-electron chi connectivity index (χ2n) is 5.43. The van der Waals surface area contributed by atoms with E-state index in [0.717, 1.165) is 22.6 Å². The normalized spacial score (nSPS) is 11.8. The van der Waals surface area contributed by atoms with Gasteiger partial charge in [-0.15, -0.1) is 0 Å². The topological polar surface area (TPSA) is 65.4 Å². The minimum Gasteiger partial charge on any atom is -0.497 e. The quantitative estimate of drug-likeness (QED) is 0.852. The second-order valence-corrected chi connectivity index (χ2v) is 5.43. The first-order valence-electron chi connectivity index (χ1n) is 7.54. The van der Waals surface area contributed by atoms with E-state index in [-0.39, 0.29) is 11.9 Å². The van der Waals surface area contributed by atoms with E-state index in [4.69, 9.17) is 9.47 Å². The van der Waals surface area contributed by atoms with Crippen LogP contribution in [0.4, 0.5) is 0 Å². The Labute approximate surface area is 136 Å². The molecule has 1 N–H and O–H groups in total. The molecule has 0 aliphatic rings. The van der Waals surface area contributed by atoms with Crippen molar-refractivity contribution in [2.75, 3.05) is 14.2 Å². The van der Waals surface area contributed by atoms with E-state index in [1.807, 2.05) is 38.2 Å². The molecule has 0 saturated carbocycles. The van der Waals surface area contributed by atoms with Gasteiger partial charge in [-0.05, 0) is 37.6 Å². The Balaban J connectivity index is 1.97. The van der Waals surface area contributed by atoms with Crippen LogP contribution in [0.2, 0.25) is 0 Å². The highest BCUT2D eigenvalue weighted by atomic mass is 16.5. The van der Waals surface area contributed by atoms with E-state index in [0.29, 0.717) is 13.0 Å². The molecule has 0 fully saturated rings. The number of benzene rings is 1. The van der Waals surface area contributed by atoms with E-state index >= 15 is 0 Å². The predicted molar refractivity (Wildman–Crippen MR) is 87.7 cm³/mol. The maximum absolute atomic E-state index is 12.1. The molecule has 1 amide bonds. The second kappa shape index (κ2) is 7.67. The van der Waals surface area contributed by atoms with Crippen molar-refractivity contribution in [1.82, 2.24) is 15.1 Å². The molecular formula is C17H23N3O3. The van der Waals surface area contributed by atoms with Gasteiger partial charge in [0.1, 0.15) is 11.5 Å². The zero-order valence-electron chi connectivity index (χ0n) is 14.0. The molecule has 1 aromatic heterocycles. The fourth-order valence-corrected chi connectivity index (χ4v) is 2.37. The first kappa shape index (κ1) is 16.9. The molecule has 2 rings (SSSR count). The number of aromatic nitrogens is 2. The van der Waals surface area contributed by atoms with Crippen molar-refractivity contribution in [2.24, 2.45) is 0 Å². The lowest BCUT2D eigenvalue weighted by Gasteiger charge is -2.18. The number of carbonyl (C=O) groups excluding carboxylic acids is 1. The van der Waals surface area contributed by atoms with Gasteiger partial charge in [-0.1, -0.05) is 0 Å². The molecule has 6 heteroatoms. The van der Waals surface area contributed by atoms with Crippen molar-refractivity contribution in [2.45, 2.75) is 32.9 Å². The number of methoxy groups -OCH3 is 2. The van der Waals surface area contributed by atoms with Gasteiger partial charge in [-0.25, -0.2) is 0 Å². The van der Waals surface area contributed by atoms with E-state index in [2.05, 4.69) is 10.4 Å². The molecule has 23 heavy (non-hydrogen) atoms. The third kappa shape index (κ3) is 4.48. The first-order valence-corrected chi connectivity index (χ1v) is 7.54. The van der Waals surface area contributed by atoms with Crippen molar-refractivity contribution in [3.05, 3.63) is 41.7 Å². The van der Waals surface area contributed by atoms with Gasteiger partial charge in [0, 0.05) is 24.7 Å². The SMILES string of the molecule is COc1ccc(OC)c(C(C)NC(=O)CCn2cc(C)cn2)c1. The Kier molecular flexibility index (Phi) is 5.62. The number of amides is 1. The molecule has 1 unspecified atom stereocenters. The van der Waals surface area contributed by atoms with E-state index in [1.54, 1.807) is 25.1 Å². The number of hydrogen-bond donors (Lipinski definition) is 1. The Morgan fingerprint density at radius 3 is 2.74 bits per heavy atom. The summed E-state index contributed by atoms with van der Waals surface area (Å²) in [6, 6.07) is 5.37. The van der Waals surface area contributed by atoms with Crippen LogP contribution in [-0.4, -0.2) is 29.9 Å². The molecule has 1 aromatic carbocycles. The molecular weight excluding hydrogens is 294 g/mol. The smallest absolute Gasteiger partial charge is 0.222 e. The lowest BCUT2D eigenvalue weighted by molar-refractivity contribution is -0.122. The zero-order chi connectivity index (χ0) is 16.8. The van der Waals surface area contributed by atoms with Crippen molar-refractivity contribution in [3.63, 3.8) is 0 Å². The monoisotopic (exact) mass is 317 g/mol. The Morgan fingerprint density at radius 2 is 2.13 bits per heavy atom. The van der Waals surface area contributed by atoms with Gasteiger partial charge in [0.05, 0.1) is 26.5 Å². The van der Waals surface area contributed by atoms with Crippen LogP contribution in [0.15, 0.2) is 30.6 Å². The molecule has 2 aromatic rings. The van der Waals surface area contributed by atoms with Gasteiger partial charge in [0.15, 0.2) is 0 Å². The van der Waals surface area contributed by atoms with Crippen molar-refractivity contribution >= 4 is 5.91 Å². The van der Waals surface area contributed by atoms with Crippen LogP contribution in [0.5, 0.6) is 11.5 Å². The molecule has 0 bridgehead atoms. The van der Waals surface area contributed by atoms with Crippen LogP contribution in [0, 0.1) is 6.92 Å². The molecule has 0 aliphatic heterocycles. The van der Waals surface area contributed by atoms with Gasteiger partial charge in [0.2, 0.25) is 5.91 Å². The molecule has 1 heterocycles. The van der Waals surface area contributed by atoms with Crippen LogP contribution in [-0.2, 0) is 11.3 Å². The number of hydrogen-bond acceptors (Lipinski definition) is 4. The standard InChI is InChI=1S/C17H23N3O3/c1-12-10-18-20(11-12)8-7-17(21)19-13(2)15-9-14(22-3)5-6-16(15)23-4/h5-6,9-11,13H,7-8H2,1-4H3,(H,19,21). The molecule has 124 valence electrons. The Bertz CT molecular complexity index is 667. The van der Waals surface area contributed by atoms with Crippen LogP contribution >= 0.6 is 0 Å². The number of rotatable bonds is 7. The number of nitrogens with one attached hydrogen (secondary N) is 1.